The number of nitrogens with zero attached hydrogens (tertiary/aromatic N) is 3. The average Bonchev–Trinajstić information content (AvgIpc) is 3.77. The van der Waals surface area contributed by atoms with E-state index in [4.69, 9.17) is 23.7 Å². The van der Waals surface area contributed by atoms with E-state index in [1.54, 1.807) is 0 Å². The van der Waals surface area contributed by atoms with Gasteiger partial charge in [0.05, 0.1) is 49.9 Å². The molecule has 4 heterocycles. The summed E-state index contributed by atoms with van der Waals surface area (Å²) in [4.78, 5) is 81.7. The molecule has 2 saturated heterocycles. The molecule has 5 rings (SSSR count). The number of halogens is 2. The number of hydrogen-bond acceptors (Lipinski definition) is 14. The second-order valence-corrected chi connectivity index (χ2v) is 13.5. The van der Waals surface area contributed by atoms with Crippen molar-refractivity contribution in [1.82, 2.24) is 20.5 Å². The Labute approximate surface area is 325 Å². The molecule has 1 aromatic carbocycles. The number of thiazole rings is 1. The molecule has 5 amide bonds. The maximum Gasteiger partial charge on any atom is 0.266 e. The minimum absolute atomic E-state index is 0.00882. The Morgan fingerprint density at radius 2 is 1.79 bits per heavy atom. The predicted molar refractivity (Wildman–Crippen MR) is 196 cm³/mol. The Balaban J connectivity index is 0.862. The van der Waals surface area contributed by atoms with E-state index in [-0.39, 0.29) is 81.5 Å². The molecule has 2 fully saturated rings. The van der Waals surface area contributed by atoms with Crippen LogP contribution in [0.25, 0.3) is 0 Å². The number of morpholine rings is 1. The molecule has 302 valence electrons. The third-order valence-corrected chi connectivity index (χ3v) is 9.59. The van der Waals surface area contributed by atoms with Crippen molar-refractivity contribution in [3.63, 3.8) is 0 Å². The number of aromatic nitrogens is 1. The number of amides is 5. The van der Waals surface area contributed by atoms with Crippen LogP contribution in [0.5, 0.6) is 5.75 Å². The van der Waals surface area contributed by atoms with Gasteiger partial charge >= 0.3 is 0 Å². The van der Waals surface area contributed by atoms with E-state index in [2.05, 4.69) is 20.5 Å². The van der Waals surface area contributed by atoms with Gasteiger partial charge in [0.2, 0.25) is 11.8 Å². The van der Waals surface area contributed by atoms with Crippen molar-refractivity contribution < 1.29 is 61.2 Å². The van der Waals surface area contributed by atoms with Crippen LogP contribution in [-0.2, 0) is 44.5 Å². The highest BCUT2D eigenvalue weighted by atomic mass is 32.1. The summed E-state index contributed by atoms with van der Waals surface area (Å²) in [5.41, 5.74) is 0.732. The van der Waals surface area contributed by atoms with Gasteiger partial charge in [-0.1, -0.05) is 12.1 Å². The summed E-state index contributed by atoms with van der Waals surface area (Å²) in [6.07, 6.45) is 3.39. The fourth-order valence-electron chi connectivity index (χ4n) is 5.81. The van der Waals surface area contributed by atoms with Gasteiger partial charge in [0.15, 0.2) is 29.2 Å². The number of ether oxygens (including phenoxy) is 5. The van der Waals surface area contributed by atoms with Crippen molar-refractivity contribution in [2.45, 2.75) is 38.1 Å². The van der Waals surface area contributed by atoms with Crippen molar-refractivity contribution in [2.24, 2.45) is 0 Å². The number of anilines is 1. The van der Waals surface area contributed by atoms with Gasteiger partial charge in [0.25, 0.3) is 17.7 Å². The summed E-state index contributed by atoms with van der Waals surface area (Å²) in [5.74, 6) is -5.58. The SMILES string of the molecule is O=C(CCCOCCOCCNC(=O)COc1cccc2c1C(=O)N(C1CCC(=O)NC1=O)C2=O)COC/C(F)=C(F)\C=C/Cc1csc(N2CCOCC2)n1. The monoisotopic (exact) mass is 803 g/mol. The molecule has 0 radical (unpaired) electrons. The van der Waals surface area contributed by atoms with Gasteiger partial charge < -0.3 is 33.9 Å². The highest BCUT2D eigenvalue weighted by Gasteiger charge is 2.46. The molecule has 0 saturated carbocycles. The van der Waals surface area contributed by atoms with Gasteiger partial charge in [-0.15, -0.1) is 11.3 Å². The molecule has 2 N–H and O–H groups in total. The molecule has 3 aliphatic heterocycles. The van der Waals surface area contributed by atoms with E-state index in [9.17, 15) is 37.5 Å². The van der Waals surface area contributed by atoms with E-state index >= 15 is 0 Å². The van der Waals surface area contributed by atoms with Crippen molar-refractivity contribution in [2.75, 3.05) is 84.0 Å². The predicted octanol–water partition coefficient (Wildman–Crippen LogP) is 2.22. The van der Waals surface area contributed by atoms with E-state index in [1.807, 2.05) is 5.38 Å². The van der Waals surface area contributed by atoms with Crippen LogP contribution in [0.15, 0.2) is 47.4 Å². The summed E-state index contributed by atoms with van der Waals surface area (Å²) in [6, 6.07) is 3.23. The van der Waals surface area contributed by atoms with E-state index in [0.29, 0.717) is 26.1 Å². The van der Waals surface area contributed by atoms with Crippen LogP contribution in [0.4, 0.5) is 13.9 Å². The van der Waals surface area contributed by atoms with Gasteiger partial charge in [0, 0.05) is 50.9 Å². The second kappa shape index (κ2) is 21.4. The molecule has 0 bridgehead atoms. The minimum atomic E-state index is -1.12. The minimum Gasteiger partial charge on any atom is -0.483 e. The van der Waals surface area contributed by atoms with Gasteiger partial charge in [-0.25, -0.2) is 13.8 Å². The number of allylic oxidation sites excluding steroid dienone is 3. The zero-order valence-corrected chi connectivity index (χ0v) is 31.4. The van der Waals surface area contributed by atoms with Crippen molar-refractivity contribution in [3.8, 4) is 5.75 Å². The average molecular weight is 804 g/mol. The lowest BCUT2D eigenvalue weighted by Gasteiger charge is -2.27. The number of Topliss-reactive ketones (excluding diaryl/α,β-unsaturated/α-hetero) is 1. The molecule has 1 unspecified atom stereocenters. The molecule has 19 heteroatoms. The summed E-state index contributed by atoms with van der Waals surface area (Å²) in [5, 5.41) is 7.50. The maximum atomic E-state index is 14.1. The van der Waals surface area contributed by atoms with Gasteiger partial charge in [-0.2, -0.15) is 0 Å². The lowest BCUT2D eigenvalue weighted by atomic mass is 10.0. The van der Waals surface area contributed by atoms with Crippen LogP contribution < -0.4 is 20.3 Å². The molecular formula is C37H43F2N5O11S. The fraction of sp³-hybridized carbons (Fsp3) is 0.486. The smallest absolute Gasteiger partial charge is 0.266 e. The van der Waals surface area contributed by atoms with Crippen molar-refractivity contribution in [3.05, 3.63) is 64.2 Å². The number of nitrogens with one attached hydrogen (secondary N) is 2. The maximum absolute atomic E-state index is 14.1. The summed E-state index contributed by atoms with van der Waals surface area (Å²) in [7, 11) is 0. The van der Waals surface area contributed by atoms with Crippen LogP contribution >= 0.6 is 11.3 Å². The largest absolute Gasteiger partial charge is 0.483 e. The van der Waals surface area contributed by atoms with E-state index in [0.717, 1.165) is 34.9 Å². The number of imide groups is 2. The third kappa shape index (κ3) is 12.0. The first-order valence-corrected chi connectivity index (χ1v) is 19.0. The third-order valence-electron chi connectivity index (χ3n) is 8.64. The highest BCUT2D eigenvalue weighted by Crippen LogP contribution is 2.33. The molecule has 2 aromatic rings. The van der Waals surface area contributed by atoms with Gasteiger partial charge in [-0.05, 0) is 31.1 Å². The van der Waals surface area contributed by atoms with Crippen LogP contribution in [0.2, 0.25) is 0 Å². The number of carbonyl (C=O) groups excluding carboxylic acids is 6. The normalized spacial score (nSPS) is 17.6. The summed E-state index contributed by atoms with van der Waals surface area (Å²) >= 11 is 1.50. The second-order valence-electron chi connectivity index (χ2n) is 12.7. The molecule has 56 heavy (non-hydrogen) atoms. The Morgan fingerprint density at radius 1 is 1.00 bits per heavy atom. The van der Waals surface area contributed by atoms with E-state index in [1.165, 1.54) is 35.6 Å². The highest BCUT2D eigenvalue weighted by molar-refractivity contribution is 7.13. The zero-order chi connectivity index (χ0) is 39.9. The molecule has 16 nitrogen and oxygen atoms in total. The lowest BCUT2D eigenvalue weighted by molar-refractivity contribution is -0.136. The zero-order valence-electron chi connectivity index (χ0n) is 30.6. The first kappa shape index (κ1) is 42.2. The van der Waals surface area contributed by atoms with Crippen LogP contribution in [0.3, 0.4) is 0 Å². The first-order valence-electron chi connectivity index (χ1n) is 18.1. The van der Waals surface area contributed by atoms with Gasteiger partial charge in [0.1, 0.15) is 25.0 Å². The number of piperidine rings is 1. The van der Waals surface area contributed by atoms with Gasteiger partial charge in [-0.3, -0.25) is 39.0 Å². The number of fused-ring (bicyclic) bond motifs is 1. The molecule has 0 aliphatic carbocycles. The molecule has 3 aliphatic rings. The number of ketones is 1. The number of rotatable bonds is 22. The number of carbonyl (C=O) groups is 6. The Bertz CT molecular complexity index is 1810. The Kier molecular flexibility index (Phi) is 16.1. The van der Waals surface area contributed by atoms with Crippen LogP contribution in [-0.4, -0.2) is 130 Å². The van der Waals surface area contributed by atoms with Crippen LogP contribution in [0, 0.1) is 0 Å². The van der Waals surface area contributed by atoms with Crippen LogP contribution in [0.1, 0.15) is 52.1 Å². The Morgan fingerprint density at radius 3 is 2.57 bits per heavy atom. The quantitative estimate of drug-likeness (QED) is 0.100. The fourth-order valence-corrected chi connectivity index (χ4v) is 6.71. The lowest BCUT2D eigenvalue weighted by Crippen LogP contribution is -2.54. The van der Waals surface area contributed by atoms with Crippen molar-refractivity contribution in [1.29, 1.82) is 0 Å². The standard InChI is InChI=1S/C37H43F2N5O11S/c38-27(7-1-4-24-23-56-37(41-24)43-12-16-53-17-13-43)28(39)21-54-20-25(45)5-3-14-51-18-19-52-15-11-40-32(47)22-55-30-8-2-6-26-33(30)36(50)44(35(26)49)29-9-10-31(46)42-34(29)48/h1-2,6-8,23,29H,3-5,9-22H2,(H,40,47)(H,42,46,48)/b7-1-,28-27-. The number of benzene rings is 1. The molecule has 1 atom stereocenters. The number of hydrogen-bond donors (Lipinski definition) is 2. The van der Waals surface area contributed by atoms with Crippen molar-refractivity contribution >= 4 is 51.8 Å². The Hall–Kier alpha value is -4.95. The summed E-state index contributed by atoms with van der Waals surface area (Å²) < 4.78 is 55.0. The van der Waals surface area contributed by atoms with E-state index < -0.39 is 60.4 Å². The molecule has 0 spiro atoms. The molecule has 1 aromatic heterocycles. The topological polar surface area (TPSA) is 192 Å². The first-order chi connectivity index (χ1) is 27.1. The summed E-state index contributed by atoms with van der Waals surface area (Å²) in [6.45, 7) is 2.42. The molecular weight excluding hydrogens is 760 g/mol.